The molecule has 1 saturated heterocycles. The van der Waals surface area contributed by atoms with Crippen molar-refractivity contribution in [1.82, 2.24) is 14.7 Å². The Hall–Kier alpha value is -3.70. The average Bonchev–Trinajstić information content (AvgIpc) is 3.62. The van der Waals surface area contributed by atoms with Crippen LogP contribution in [0.3, 0.4) is 0 Å². The summed E-state index contributed by atoms with van der Waals surface area (Å²) in [6.07, 6.45) is 6.84. The van der Waals surface area contributed by atoms with Crippen LogP contribution in [-0.4, -0.2) is 65.2 Å². The highest BCUT2D eigenvalue weighted by atomic mass is 35.5. The second kappa shape index (κ2) is 11.8. The largest absolute Gasteiger partial charge is 0.495 e. The van der Waals surface area contributed by atoms with Gasteiger partial charge in [0.15, 0.2) is 11.6 Å². The van der Waals surface area contributed by atoms with E-state index in [0.717, 1.165) is 12.8 Å². The number of hydrogen-bond donors (Lipinski definition) is 1. The molecule has 11 nitrogen and oxygen atoms in total. The summed E-state index contributed by atoms with van der Waals surface area (Å²) in [6.45, 7) is 5.39. The number of ether oxygens (including phenoxy) is 5. The molecular formula is C28H33ClN4O7. The van der Waals surface area contributed by atoms with Crippen LogP contribution >= 0.6 is 11.6 Å². The predicted octanol–water partition coefficient (Wildman–Crippen LogP) is 4.10. The number of anilines is 1. The molecule has 0 aliphatic carbocycles. The van der Waals surface area contributed by atoms with Gasteiger partial charge in [-0.3, -0.25) is 14.3 Å². The highest BCUT2D eigenvalue weighted by Gasteiger charge is 2.37. The molecule has 4 heterocycles. The third kappa shape index (κ3) is 6.53. The third-order valence-electron chi connectivity index (χ3n) is 6.92. The zero-order valence-electron chi connectivity index (χ0n) is 22.7. The van der Waals surface area contributed by atoms with E-state index in [1.54, 1.807) is 41.4 Å². The van der Waals surface area contributed by atoms with Crippen LogP contribution in [0.4, 0.5) is 5.82 Å². The normalized spacial score (nSPS) is 19.4. The number of carbonyl (C=O) groups excluding carboxylic acids is 2. The fourth-order valence-electron chi connectivity index (χ4n) is 4.91. The van der Waals surface area contributed by atoms with E-state index in [4.69, 9.17) is 35.3 Å². The molecule has 1 atom stereocenters. The summed E-state index contributed by atoms with van der Waals surface area (Å²) in [5.41, 5.74) is 0. The number of nitrogens with zero attached hydrogens (tertiary/aromatic N) is 3. The van der Waals surface area contributed by atoms with Crippen molar-refractivity contribution in [3.05, 3.63) is 59.3 Å². The van der Waals surface area contributed by atoms with Crippen LogP contribution in [0.25, 0.3) is 0 Å². The first kappa shape index (κ1) is 27.9. The zero-order valence-corrected chi connectivity index (χ0v) is 23.5. The van der Waals surface area contributed by atoms with Gasteiger partial charge in [0.2, 0.25) is 11.7 Å². The summed E-state index contributed by atoms with van der Waals surface area (Å²) in [5.74, 6) is 1.12. The maximum absolute atomic E-state index is 13.6. The molecule has 1 fully saturated rings. The van der Waals surface area contributed by atoms with Crippen molar-refractivity contribution in [2.24, 2.45) is 5.92 Å². The van der Waals surface area contributed by atoms with Crippen LogP contribution in [0.5, 0.6) is 11.5 Å². The molecule has 0 bridgehead atoms. The van der Waals surface area contributed by atoms with Crippen molar-refractivity contribution in [1.29, 1.82) is 0 Å². The Morgan fingerprint density at radius 3 is 2.75 bits per heavy atom. The van der Waals surface area contributed by atoms with E-state index in [9.17, 15) is 9.59 Å². The van der Waals surface area contributed by atoms with Gasteiger partial charge in [0.05, 0.1) is 13.7 Å². The standard InChI is InChI=1S/C28H33ClN4O7/c1-28(2)38-17-20(40-28)15-32-10-7-24(31-32)30-27(35)21(13-18-8-11-37-12-9-18)33-16-19(14-25(33)34)39-23-6-4-5-22(36-3)26(23)29/h4-7,10,14,17-18,21H,8-9,11-13,15-16H2,1-3H3,(H,30,31,35)/t21-/m1/s1. The van der Waals surface area contributed by atoms with Crippen molar-refractivity contribution in [3.8, 4) is 11.5 Å². The first-order valence-corrected chi connectivity index (χ1v) is 13.6. The Morgan fingerprint density at radius 1 is 1.25 bits per heavy atom. The number of aromatic nitrogens is 2. The lowest BCUT2D eigenvalue weighted by Gasteiger charge is -2.31. The molecule has 214 valence electrons. The molecule has 3 aliphatic heterocycles. The highest BCUT2D eigenvalue weighted by molar-refractivity contribution is 6.33. The molecule has 2 aromatic rings. The Kier molecular flexibility index (Phi) is 8.22. The lowest BCUT2D eigenvalue weighted by Crippen LogP contribution is -2.47. The molecule has 0 unspecified atom stereocenters. The number of hydrogen-bond acceptors (Lipinski definition) is 8. The molecule has 0 radical (unpaired) electrons. The lowest BCUT2D eigenvalue weighted by atomic mass is 9.91. The Morgan fingerprint density at radius 2 is 2.02 bits per heavy atom. The van der Waals surface area contributed by atoms with Crippen LogP contribution in [0.15, 0.2) is 54.3 Å². The molecule has 3 aliphatic rings. The Labute approximate surface area is 237 Å². The lowest BCUT2D eigenvalue weighted by molar-refractivity contribution is -0.134. The van der Waals surface area contributed by atoms with Gasteiger partial charge in [-0.1, -0.05) is 17.7 Å². The smallest absolute Gasteiger partial charge is 0.251 e. The van der Waals surface area contributed by atoms with E-state index in [1.807, 2.05) is 13.8 Å². The van der Waals surface area contributed by atoms with E-state index in [1.165, 1.54) is 18.1 Å². The van der Waals surface area contributed by atoms with Crippen molar-refractivity contribution >= 4 is 29.2 Å². The third-order valence-corrected chi connectivity index (χ3v) is 7.29. The Balaban J connectivity index is 1.27. The number of halogens is 1. The van der Waals surface area contributed by atoms with Crippen molar-refractivity contribution in [2.75, 3.05) is 32.2 Å². The van der Waals surface area contributed by atoms with E-state index in [2.05, 4.69) is 10.4 Å². The molecule has 0 spiro atoms. The number of allylic oxidation sites excluding steroid dienone is 1. The fraction of sp³-hybridized carbons (Fsp3) is 0.464. The summed E-state index contributed by atoms with van der Waals surface area (Å²) < 4.78 is 29.5. The number of methoxy groups -OCH3 is 1. The second-order valence-corrected chi connectivity index (χ2v) is 10.7. The Bertz CT molecular complexity index is 1320. The molecular weight excluding hydrogens is 540 g/mol. The van der Waals surface area contributed by atoms with Gasteiger partial charge in [-0.05, 0) is 37.3 Å². The van der Waals surface area contributed by atoms with E-state index in [-0.39, 0.29) is 24.3 Å². The molecule has 40 heavy (non-hydrogen) atoms. The van der Waals surface area contributed by atoms with Gasteiger partial charge in [-0.25, -0.2) is 0 Å². The summed E-state index contributed by atoms with van der Waals surface area (Å²) in [6, 6.07) is 6.14. The minimum Gasteiger partial charge on any atom is -0.495 e. The molecule has 2 amide bonds. The monoisotopic (exact) mass is 572 g/mol. The van der Waals surface area contributed by atoms with Gasteiger partial charge in [0.1, 0.15) is 41.1 Å². The average molecular weight is 573 g/mol. The summed E-state index contributed by atoms with van der Waals surface area (Å²) in [7, 11) is 1.52. The molecule has 12 heteroatoms. The number of carbonyl (C=O) groups is 2. The summed E-state index contributed by atoms with van der Waals surface area (Å²) >= 11 is 6.38. The summed E-state index contributed by atoms with van der Waals surface area (Å²) in [4.78, 5) is 28.3. The quantitative estimate of drug-likeness (QED) is 0.453. The maximum atomic E-state index is 13.6. The molecule has 5 rings (SSSR count). The first-order chi connectivity index (χ1) is 19.2. The van der Waals surface area contributed by atoms with Crippen molar-refractivity contribution in [3.63, 3.8) is 0 Å². The number of rotatable bonds is 10. The van der Waals surface area contributed by atoms with Gasteiger partial charge in [0.25, 0.3) is 5.91 Å². The van der Waals surface area contributed by atoms with Gasteiger partial charge < -0.3 is 33.9 Å². The molecule has 0 saturated carbocycles. The SMILES string of the molecule is COc1cccc(OC2=CC(=O)N([C@H](CC3CCOCC3)C(=O)Nc3ccn(CC4=COC(C)(C)O4)n3)C2)c1Cl. The summed E-state index contributed by atoms with van der Waals surface area (Å²) in [5, 5.41) is 7.65. The van der Waals surface area contributed by atoms with Gasteiger partial charge in [-0.2, -0.15) is 5.10 Å². The first-order valence-electron chi connectivity index (χ1n) is 13.2. The van der Waals surface area contributed by atoms with Gasteiger partial charge in [-0.15, -0.1) is 0 Å². The highest BCUT2D eigenvalue weighted by Crippen LogP contribution is 2.35. The maximum Gasteiger partial charge on any atom is 0.251 e. The minimum atomic E-state index is -0.728. The topological polar surface area (TPSA) is 113 Å². The number of benzene rings is 1. The van der Waals surface area contributed by atoms with Crippen LogP contribution in [0, 0.1) is 5.92 Å². The van der Waals surface area contributed by atoms with Gasteiger partial charge in [0, 0.05) is 45.4 Å². The van der Waals surface area contributed by atoms with Crippen LogP contribution in [0.1, 0.15) is 33.1 Å². The van der Waals surface area contributed by atoms with Gasteiger partial charge >= 0.3 is 0 Å². The van der Waals surface area contributed by atoms with Crippen LogP contribution in [0.2, 0.25) is 5.02 Å². The predicted molar refractivity (Wildman–Crippen MR) is 146 cm³/mol. The molecule has 1 N–H and O–H groups in total. The van der Waals surface area contributed by atoms with Crippen LogP contribution < -0.4 is 14.8 Å². The molecule has 1 aromatic carbocycles. The van der Waals surface area contributed by atoms with E-state index < -0.39 is 11.8 Å². The van der Waals surface area contributed by atoms with Crippen molar-refractivity contribution in [2.45, 2.75) is 51.5 Å². The number of nitrogens with one attached hydrogen (secondary N) is 1. The zero-order chi connectivity index (χ0) is 28.3. The van der Waals surface area contributed by atoms with E-state index >= 15 is 0 Å². The molecule has 1 aromatic heterocycles. The second-order valence-electron chi connectivity index (χ2n) is 10.4. The minimum absolute atomic E-state index is 0.128. The fourth-order valence-corrected chi connectivity index (χ4v) is 5.15. The van der Waals surface area contributed by atoms with Crippen molar-refractivity contribution < 1.29 is 33.3 Å². The van der Waals surface area contributed by atoms with Crippen LogP contribution in [-0.2, 0) is 30.3 Å². The van der Waals surface area contributed by atoms with E-state index in [0.29, 0.717) is 60.0 Å². The number of amides is 2.